The smallest absolute Gasteiger partial charge is 0.277 e. The molecule has 0 aromatic carbocycles. The van der Waals surface area contributed by atoms with Crippen LogP contribution in [0.3, 0.4) is 0 Å². The van der Waals surface area contributed by atoms with E-state index in [9.17, 15) is 9.13 Å². The predicted octanol–water partition coefficient (Wildman–Crippen LogP) is 4.89. The molecule has 0 rings (SSSR count). The van der Waals surface area contributed by atoms with Gasteiger partial charge in [0.05, 0.1) is 0 Å². The summed E-state index contributed by atoms with van der Waals surface area (Å²) in [4.78, 5) is 0. The fourth-order valence-electron chi connectivity index (χ4n) is 0.111. The molecular formula is Cl4O2P2S. The average Bonchev–Trinajstić information content (AvgIpc) is 1.14. The normalized spacial score (nSPS) is 13.8. The van der Waals surface area contributed by atoms with E-state index in [2.05, 4.69) is 0 Å². The quantitative estimate of drug-likeness (QED) is 0.668. The summed E-state index contributed by atoms with van der Waals surface area (Å²) in [6, 6.07) is 0. The second kappa shape index (κ2) is 3.58. The van der Waals surface area contributed by atoms with Gasteiger partial charge in [0, 0.05) is 11.0 Å². The van der Waals surface area contributed by atoms with Crippen molar-refractivity contribution < 1.29 is 9.13 Å². The van der Waals surface area contributed by atoms with Gasteiger partial charge in [-0.25, -0.2) is 0 Å². The van der Waals surface area contributed by atoms with Crippen molar-refractivity contribution >= 4 is 66.1 Å². The van der Waals surface area contributed by atoms with Crippen LogP contribution in [-0.4, -0.2) is 0 Å². The number of hydrogen-bond acceptors (Lipinski definition) is 3. The van der Waals surface area contributed by atoms with Crippen LogP contribution in [0.15, 0.2) is 0 Å². The standard InChI is InChI=1S/Cl4O2P2S/c1-7(2,5)9-8(3,4)6. The summed E-state index contributed by atoms with van der Waals surface area (Å²) in [5, 5.41) is -6.91. The Kier molecular flexibility index (Phi) is 4.36. The Labute approximate surface area is 75.0 Å². The Morgan fingerprint density at radius 1 is 0.889 bits per heavy atom. The molecule has 0 bridgehead atoms. The fraction of sp³-hybridized carbons (Fsp3) is 0. The zero-order valence-electron chi connectivity index (χ0n) is 3.63. The van der Waals surface area contributed by atoms with Gasteiger partial charge in [-0.15, -0.1) is 0 Å². The van der Waals surface area contributed by atoms with Crippen LogP contribution in [-0.2, 0) is 9.13 Å². The summed E-state index contributed by atoms with van der Waals surface area (Å²) < 4.78 is 20.8. The van der Waals surface area contributed by atoms with Gasteiger partial charge in [0.2, 0.25) is 0 Å². The molecule has 2 nitrogen and oxygen atoms in total. The second-order valence-corrected chi connectivity index (χ2v) is 16.9. The lowest BCUT2D eigenvalue weighted by atomic mass is 16.0. The summed E-state index contributed by atoms with van der Waals surface area (Å²) in [6.07, 6.45) is 0. The molecule has 9 heteroatoms. The third-order valence-electron chi connectivity index (χ3n) is 0.190. The van der Waals surface area contributed by atoms with Crippen LogP contribution in [0, 0.1) is 0 Å². The molecule has 0 aliphatic heterocycles. The SMILES string of the molecule is O=P(Cl)(Cl)SP(=O)(Cl)Cl. The number of rotatable bonds is 2. The first-order valence-corrected chi connectivity index (χ1v) is 10.5. The lowest BCUT2D eigenvalue weighted by molar-refractivity contribution is 0.599. The largest absolute Gasteiger partial charge is 0.316 e. The average molecular weight is 268 g/mol. The van der Waals surface area contributed by atoms with E-state index in [4.69, 9.17) is 45.0 Å². The van der Waals surface area contributed by atoms with Gasteiger partial charge >= 0.3 is 10.1 Å². The van der Waals surface area contributed by atoms with Gasteiger partial charge in [0.25, 0.3) is 0 Å². The maximum Gasteiger partial charge on any atom is 0.316 e. The highest BCUT2D eigenvalue weighted by Gasteiger charge is 2.28. The molecule has 0 amide bonds. The van der Waals surface area contributed by atoms with Crippen molar-refractivity contribution in [2.45, 2.75) is 0 Å². The second-order valence-electron chi connectivity index (χ2n) is 0.911. The minimum Gasteiger partial charge on any atom is -0.277 e. The van der Waals surface area contributed by atoms with Crippen molar-refractivity contribution in [3.05, 3.63) is 0 Å². The Morgan fingerprint density at radius 3 is 1.11 bits per heavy atom. The molecule has 0 atom stereocenters. The summed E-state index contributed by atoms with van der Waals surface area (Å²) in [5.41, 5.74) is 0. The number of halogens is 4. The molecule has 0 saturated carbocycles. The van der Waals surface area contributed by atoms with Crippen LogP contribution in [0.5, 0.6) is 0 Å². The predicted molar refractivity (Wildman–Crippen MR) is 46.2 cm³/mol. The zero-order valence-corrected chi connectivity index (χ0v) is 9.26. The van der Waals surface area contributed by atoms with E-state index in [1.807, 2.05) is 0 Å². The van der Waals surface area contributed by atoms with Crippen LogP contribution in [0.4, 0.5) is 0 Å². The monoisotopic (exact) mass is 266 g/mol. The number of hydrogen-bond donors (Lipinski definition) is 0. The first-order valence-electron chi connectivity index (χ1n) is 1.41. The Balaban J connectivity index is 4.07. The van der Waals surface area contributed by atoms with Crippen LogP contribution in [0.2, 0.25) is 0 Å². The Hall–Kier alpha value is 1.97. The maximum absolute atomic E-state index is 10.4. The fourth-order valence-corrected chi connectivity index (χ4v) is 15.8. The Bertz CT molecular complexity index is 157. The van der Waals surface area contributed by atoms with E-state index in [0.29, 0.717) is 0 Å². The zero-order chi connectivity index (χ0) is 7.71. The van der Waals surface area contributed by atoms with Crippen molar-refractivity contribution in [2.24, 2.45) is 0 Å². The van der Waals surface area contributed by atoms with Crippen molar-refractivity contribution in [3.8, 4) is 0 Å². The lowest BCUT2D eigenvalue weighted by Crippen LogP contribution is -1.43. The van der Waals surface area contributed by atoms with Crippen molar-refractivity contribution in [1.29, 1.82) is 0 Å². The molecule has 0 fully saturated rings. The molecule has 0 spiro atoms. The highest BCUT2D eigenvalue weighted by molar-refractivity contribution is 9.02. The van der Waals surface area contributed by atoms with Crippen LogP contribution in [0.1, 0.15) is 0 Å². The lowest BCUT2D eigenvalue weighted by Gasteiger charge is -1.99. The highest BCUT2D eigenvalue weighted by atomic mass is 35.9. The molecule has 0 unspecified atom stereocenters. The molecule has 0 aliphatic rings. The summed E-state index contributed by atoms with van der Waals surface area (Å²) in [7, 11) is 0. The Morgan fingerprint density at radius 2 is 1.11 bits per heavy atom. The van der Waals surface area contributed by atoms with E-state index < -0.39 is 10.1 Å². The first kappa shape index (κ1) is 11.0. The van der Waals surface area contributed by atoms with Gasteiger partial charge in [0.1, 0.15) is 0 Å². The van der Waals surface area contributed by atoms with E-state index in [0.717, 1.165) is 0 Å². The molecule has 0 heterocycles. The molecule has 0 aromatic heterocycles. The molecule has 0 saturated heterocycles. The summed E-state index contributed by atoms with van der Waals surface area (Å²) >= 11 is 20.0. The van der Waals surface area contributed by atoms with Crippen molar-refractivity contribution in [2.75, 3.05) is 0 Å². The van der Waals surface area contributed by atoms with Crippen LogP contribution in [0.25, 0.3) is 0 Å². The van der Waals surface area contributed by atoms with E-state index in [1.54, 1.807) is 0 Å². The van der Waals surface area contributed by atoms with Gasteiger partial charge < -0.3 is 0 Å². The van der Waals surface area contributed by atoms with Gasteiger partial charge in [-0.1, -0.05) is 0 Å². The van der Waals surface area contributed by atoms with E-state index >= 15 is 0 Å². The maximum atomic E-state index is 10.4. The molecule has 0 aliphatic carbocycles. The minimum absolute atomic E-state index is 0.187. The molecule has 0 aromatic rings. The van der Waals surface area contributed by atoms with Gasteiger partial charge in [0.15, 0.2) is 0 Å². The third-order valence-corrected chi connectivity index (χ3v) is 11.8. The van der Waals surface area contributed by atoms with E-state index in [1.165, 1.54) is 0 Å². The summed E-state index contributed by atoms with van der Waals surface area (Å²) in [6.45, 7) is 0. The van der Waals surface area contributed by atoms with Crippen molar-refractivity contribution in [1.82, 2.24) is 0 Å². The topological polar surface area (TPSA) is 34.1 Å². The molecule has 0 radical (unpaired) electrons. The van der Waals surface area contributed by atoms with E-state index in [-0.39, 0.29) is 11.0 Å². The van der Waals surface area contributed by atoms with Crippen LogP contribution < -0.4 is 0 Å². The summed E-state index contributed by atoms with van der Waals surface area (Å²) in [5.74, 6) is 0. The van der Waals surface area contributed by atoms with Crippen molar-refractivity contribution in [3.63, 3.8) is 0 Å². The van der Waals surface area contributed by atoms with Gasteiger partial charge in [-0.3, -0.25) is 9.13 Å². The minimum atomic E-state index is -3.45. The van der Waals surface area contributed by atoms with Crippen LogP contribution >= 0.6 is 66.1 Å². The molecule has 9 heavy (non-hydrogen) atoms. The molecular weight excluding hydrogens is 268 g/mol. The third kappa shape index (κ3) is 9.97. The highest BCUT2D eigenvalue weighted by Crippen LogP contribution is 2.86. The molecule has 0 N–H and O–H groups in total. The first-order chi connectivity index (χ1) is 3.71. The molecule has 56 valence electrons. The van der Waals surface area contributed by atoms with Gasteiger partial charge in [-0.2, -0.15) is 0 Å². The van der Waals surface area contributed by atoms with Gasteiger partial charge in [-0.05, 0) is 45.0 Å².